The Morgan fingerprint density at radius 2 is 0.874 bits per heavy atom. The number of thiophene rings is 2. The summed E-state index contributed by atoms with van der Waals surface area (Å²) in [4.78, 5) is 112. The molecule has 0 bridgehead atoms. The van der Waals surface area contributed by atoms with Crippen LogP contribution in [0, 0.1) is 19.7 Å². The number of amides is 4. The Labute approximate surface area is 649 Å². The van der Waals surface area contributed by atoms with E-state index < -0.39 is 47.3 Å². The highest BCUT2D eigenvalue weighted by atomic mass is 32.1. The molecule has 0 radical (unpaired) electrons. The first-order valence-electron chi connectivity index (χ1n) is 37.4. The van der Waals surface area contributed by atoms with Crippen LogP contribution in [0.3, 0.4) is 0 Å². The highest BCUT2D eigenvalue weighted by Crippen LogP contribution is 2.49. The van der Waals surface area contributed by atoms with Crippen molar-refractivity contribution in [3.8, 4) is 66.9 Å². The number of anilines is 1. The van der Waals surface area contributed by atoms with Crippen molar-refractivity contribution in [1.82, 2.24) is 29.4 Å². The molecule has 4 fully saturated rings. The number of aromatic hydroxyl groups is 2. The first-order chi connectivity index (χ1) is 53.8. The van der Waals surface area contributed by atoms with Crippen LogP contribution in [0.2, 0.25) is 0 Å². The average molecular weight is 1540 g/mol. The molecule has 2 aliphatic carbocycles. The number of halogens is 1. The summed E-state index contributed by atoms with van der Waals surface area (Å²) in [5, 5.41) is 25.4. The van der Waals surface area contributed by atoms with E-state index in [0.29, 0.717) is 42.3 Å². The predicted molar refractivity (Wildman–Crippen MR) is 424 cm³/mol. The van der Waals surface area contributed by atoms with Crippen LogP contribution in [-0.4, -0.2) is 203 Å². The summed E-state index contributed by atoms with van der Waals surface area (Å²) in [7, 11) is 0. The predicted octanol–water partition coefficient (Wildman–Crippen LogP) is 13.2. The zero-order valence-corrected chi connectivity index (χ0v) is 63.3. The maximum atomic E-state index is 13.7. The van der Waals surface area contributed by atoms with Crippen molar-refractivity contribution in [1.29, 1.82) is 0 Å². The quantitative estimate of drug-likeness (QED) is 0.0363. The second-order valence-electron chi connectivity index (χ2n) is 28.4. The molecule has 2 atom stereocenters. The Morgan fingerprint density at radius 1 is 0.468 bits per heavy atom. The van der Waals surface area contributed by atoms with Crippen molar-refractivity contribution in [2.24, 2.45) is 5.73 Å². The highest BCUT2D eigenvalue weighted by Gasteiger charge is 2.47. The number of carbonyl (C=O) groups excluding carboxylic acids is 8. The van der Waals surface area contributed by atoms with Crippen molar-refractivity contribution < 1.29 is 71.9 Å². The second kappa shape index (κ2) is 34.5. The molecule has 6 heterocycles. The molecule has 0 spiro atoms. The number of ketones is 4. The summed E-state index contributed by atoms with van der Waals surface area (Å²) >= 11 is 3.22. The number of piperazine rings is 2. The van der Waals surface area contributed by atoms with E-state index in [4.69, 9.17) is 24.7 Å². The fourth-order valence-electron chi connectivity index (χ4n) is 14.7. The molecule has 10 aromatic rings. The third-order valence-corrected chi connectivity index (χ3v) is 23.2. The van der Waals surface area contributed by atoms with Gasteiger partial charge in [-0.2, -0.15) is 0 Å². The first kappa shape index (κ1) is 76.7. The lowest BCUT2D eigenvalue weighted by molar-refractivity contribution is -0.134. The van der Waals surface area contributed by atoms with Gasteiger partial charge in [0.15, 0.2) is 23.1 Å². The number of ether oxygens (including phenoxy) is 4. The van der Waals surface area contributed by atoms with Gasteiger partial charge in [-0.15, -0.1) is 22.7 Å². The molecule has 572 valence electrons. The van der Waals surface area contributed by atoms with Crippen molar-refractivity contribution in [2.45, 2.75) is 64.5 Å². The summed E-state index contributed by atoms with van der Waals surface area (Å²) < 4.78 is 40.6. The number of phenols is 2. The number of nitrogens with two attached hydrogens (primary N) is 1. The fraction of sp³-hybridized carbons (Fsp3) is 0.302. The lowest BCUT2D eigenvalue weighted by Gasteiger charge is -2.34. The van der Waals surface area contributed by atoms with Crippen LogP contribution in [0.15, 0.2) is 170 Å². The third-order valence-electron chi connectivity index (χ3n) is 20.8. The number of hydrogen-bond acceptors (Lipinski definition) is 22. The Bertz CT molecular complexity index is 5150. The molecule has 2 aromatic heterocycles. The molecular weight excluding hydrogens is 1450 g/mol. The van der Waals surface area contributed by atoms with Gasteiger partial charge in [0.05, 0.1) is 56.9 Å². The molecule has 4 aliphatic heterocycles. The monoisotopic (exact) mass is 1540 g/mol. The number of imide groups is 2. The van der Waals surface area contributed by atoms with Crippen LogP contribution in [0.1, 0.15) is 91.1 Å². The van der Waals surface area contributed by atoms with E-state index in [1.54, 1.807) is 65.1 Å². The molecule has 2 saturated heterocycles. The Kier molecular flexibility index (Phi) is 23.8. The van der Waals surface area contributed by atoms with Crippen LogP contribution in [0.25, 0.3) is 41.1 Å². The molecule has 16 rings (SSSR count). The minimum atomic E-state index is -0.959. The van der Waals surface area contributed by atoms with E-state index in [-0.39, 0.29) is 78.5 Å². The zero-order valence-electron chi connectivity index (χ0n) is 61.6. The largest absolute Gasteiger partial charge is 0.508 e. The average Bonchev–Trinajstić information content (AvgIpc) is 1.62. The molecule has 5 N–H and O–H groups in total. The molecule has 8 aromatic carbocycles. The lowest BCUT2D eigenvalue weighted by atomic mass is 9.92. The molecule has 2 saturated carbocycles. The number of phenolic OH excluding ortho intramolecular Hbond substituents is 2. The van der Waals surface area contributed by atoms with Crippen LogP contribution in [0.4, 0.5) is 10.1 Å². The summed E-state index contributed by atoms with van der Waals surface area (Å²) in [6.45, 7) is 18.0. The fourth-order valence-corrected chi connectivity index (χ4v) is 17.0. The van der Waals surface area contributed by atoms with E-state index in [0.717, 1.165) is 171 Å². The van der Waals surface area contributed by atoms with Crippen molar-refractivity contribution in [3.63, 3.8) is 0 Å². The van der Waals surface area contributed by atoms with Gasteiger partial charge >= 0.3 is 0 Å². The first-order valence-corrected chi connectivity index (χ1v) is 39.0. The Balaban J connectivity index is 0.000000156. The SMILES string of the molecule is Cc1ccc(-c2sc3cc(O)ccc3c2Oc2ccc(OCCN3CCN(CCN)CC3)cc2)cc1.Cc1ccc(-c2sc3cc(O)ccc3c2Oc2ccc(OCCN3CCN(CCNc4cccc5c4C(=O)N(C4CCC(=O)CC4=O)C5=O)CC3)cc2)cc1.O=C1CCC(N2C(=O)c3cccc(F)c3C2=O)C(=O)C1. The van der Waals surface area contributed by atoms with E-state index in [9.17, 15) is 53.0 Å². The number of hydrogen-bond donors (Lipinski definition) is 4. The Morgan fingerprint density at radius 3 is 1.31 bits per heavy atom. The van der Waals surface area contributed by atoms with Crippen molar-refractivity contribution >= 4 is 95.3 Å². The minimum Gasteiger partial charge on any atom is -0.508 e. The molecule has 6 aliphatic rings. The molecule has 25 heteroatoms. The van der Waals surface area contributed by atoms with Crippen LogP contribution >= 0.6 is 22.7 Å². The van der Waals surface area contributed by atoms with Gasteiger partial charge in [0, 0.05) is 130 Å². The third kappa shape index (κ3) is 17.6. The summed E-state index contributed by atoms with van der Waals surface area (Å²) in [6.07, 6.45) is 0.134. The molecule has 4 amide bonds. The van der Waals surface area contributed by atoms with Crippen molar-refractivity contribution in [3.05, 3.63) is 209 Å². The number of benzene rings is 8. The van der Waals surface area contributed by atoms with Crippen molar-refractivity contribution in [2.75, 3.05) is 110 Å². The number of Topliss-reactive ketones (excluding diaryl/α,β-unsaturated/α-hetero) is 4. The molecule has 2 unspecified atom stereocenters. The maximum absolute atomic E-state index is 13.7. The van der Waals surface area contributed by atoms with Crippen LogP contribution in [0.5, 0.6) is 46.0 Å². The van der Waals surface area contributed by atoms with Gasteiger partial charge in [-0.3, -0.25) is 67.8 Å². The number of aryl methyl sites for hydroxylation is 2. The number of rotatable bonds is 22. The van der Waals surface area contributed by atoms with Gasteiger partial charge < -0.3 is 40.2 Å². The van der Waals surface area contributed by atoms with E-state index >= 15 is 0 Å². The van der Waals surface area contributed by atoms with Gasteiger partial charge in [-0.25, -0.2) is 4.39 Å². The van der Waals surface area contributed by atoms with Gasteiger partial charge in [0.25, 0.3) is 23.6 Å². The highest BCUT2D eigenvalue weighted by molar-refractivity contribution is 7.23. The smallest absolute Gasteiger partial charge is 0.265 e. The number of nitrogens with zero attached hydrogens (tertiary/aromatic N) is 6. The minimum absolute atomic E-state index is 0.0281. The lowest BCUT2D eigenvalue weighted by Crippen LogP contribution is -2.48. The van der Waals surface area contributed by atoms with E-state index in [1.807, 2.05) is 60.7 Å². The zero-order chi connectivity index (χ0) is 77.4. The molecule has 111 heavy (non-hydrogen) atoms. The van der Waals surface area contributed by atoms with E-state index in [2.05, 4.69) is 87.3 Å². The topological polar surface area (TPSA) is 271 Å². The standard InChI is InChI=1S/C43H42N4O7S.C29H33N3O3S.C14H10FNO4/c1-27-5-7-28(8-6-27)41-40(33-15-9-30(49)26-38(33)55-41)54-32-13-11-31(12-14-32)53-24-23-46-21-19-45(20-22-46)18-17-44-35-4-2-3-34-39(35)43(52)47(42(34)51)36-16-10-29(48)25-37(36)50;1-21-2-4-22(5-3-21)29-28(26-11-6-23(33)20-27(26)36-29)35-25-9-7-24(8-10-25)34-19-18-32-16-14-31(13-12-30)15-17-32;15-9-3-1-2-8-12(9)14(20)16(13(8)19)10-5-4-7(17)6-11(10)18/h2-9,11-15,26,36,44,49H,10,16-25H2,1H3;2-11,20,33H,12-19,30H2,1H3;1-3,10H,4-6H2. The van der Waals surface area contributed by atoms with Gasteiger partial charge in [0.2, 0.25) is 0 Å². The number of nitrogens with one attached hydrogen (secondary N) is 1. The number of fused-ring (bicyclic) bond motifs is 4. The van der Waals surface area contributed by atoms with Gasteiger partial charge in [0.1, 0.15) is 65.1 Å². The van der Waals surface area contributed by atoms with Gasteiger partial charge in [-0.05, 0) is 147 Å². The molecular formula is C86H85FN8O14S2. The second-order valence-corrected chi connectivity index (χ2v) is 30.5. The molecule has 22 nitrogen and oxygen atoms in total. The van der Waals surface area contributed by atoms with Gasteiger partial charge in [-0.1, -0.05) is 71.8 Å². The normalized spacial score (nSPS) is 17.7. The van der Waals surface area contributed by atoms with Crippen LogP contribution < -0.4 is 30.0 Å². The summed E-state index contributed by atoms with van der Waals surface area (Å²) in [5.74, 6) is 0.745. The Hall–Kier alpha value is -11.0. The summed E-state index contributed by atoms with van der Waals surface area (Å²) in [5.41, 5.74) is 11.1. The van der Waals surface area contributed by atoms with E-state index in [1.165, 1.54) is 23.3 Å². The number of carbonyl (C=O) groups is 8. The maximum Gasteiger partial charge on any atom is 0.265 e. The van der Waals surface area contributed by atoms with Crippen LogP contribution in [-0.2, 0) is 19.2 Å². The summed E-state index contributed by atoms with van der Waals surface area (Å²) in [6, 6.07) is 50.2.